The lowest BCUT2D eigenvalue weighted by atomic mass is 10.2. The predicted octanol–water partition coefficient (Wildman–Crippen LogP) is 3.29. The molecule has 162 valence electrons. The zero-order valence-electron chi connectivity index (χ0n) is 17.9. The quantitative estimate of drug-likeness (QED) is 0.445. The molecule has 1 aliphatic rings. The minimum Gasteiger partial charge on any atom is -0.355 e. The van der Waals surface area contributed by atoms with Crippen molar-refractivity contribution in [1.82, 2.24) is 24.6 Å². The van der Waals surface area contributed by atoms with Gasteiger partial charge in [-0.3, -0.25) is 19.7 Å². The Kier molecular flexibility index (Phi) is 6.22. The molecule has 0 radical (unpaired) electrons. The number of nitro groups is 1. The van der Waals surface area contributed by atoms with Gasteiger partial charge in [0.25, 0.3) is 5.69 Å². The number of non-ortho nitro benzene ring substituents is 1. The van der Waals surface area contributed by atoms with Gasteiger partial charge in [-0.1, -0.05) is 12.1 Å². The molecule has 31 heavy (non-hydrogen) atoms. The molecule has 9 heteroatoms. The summed E-state index contributed by atoms with van der Waals surface area (Å²) in [6.07, 6.45) is 5.10. The van der Waals surface area contributed by atoms with Crippen LogP contribution < -0.4 is 4.90 Å². The number of benzene rings is 1. The van der Waals surface area contributed by atoms with Crippen molar-refractivity contribution in [2.45, 2.75) is 33.4 Å². The van der Waals surface area contributed by atoms with E-state index in [1.54, 1.807) is 6.07 Å². The number of rotatable bonds is 6. The van der Waals surface area contributed by atoms with Gasteiger partial charge in [0.15, 0.2) is 5.82 Å². The molecule has 3 aromatic rings. The van der Waals surface area contributed by atoms with E-state index in [2.05, 4.69) is 33.0 Å². The molecule has 4 rings (SSSR count). The Hall–Kier alpha value is -3.33. The third kappa shape index (κ3) is 5.05. The Balaban J connectivity index is 1.49. The summed E-state index contributed by atoms with van der Waals surface area (Å²) in [5.74, 6) is 1.39. The lowest BCUT2D eigenvalue weighted by Gasteiger charge is -2.23. The number of anilines is 1. The fourth-order valence-electron chi connectivity index (χ4n) is 3.88. The van der Waals surface area contributed by atoms with Crippen LogP contribution in [0.2, 0.25) is 0 Å². The Morgan fingerprint density at radius 1 is 1.13 bits per heavy atom. The minimum absolute atomic E-state index is 0.0426. The molecule has 0 amide bonds. The highest BCUT2D eigenvalue weighted by atomic mass is 16.6. The SMILES string of the molecule is CCn1cc(CN2CCCN(c3cc(C)nc(-c4cccc([N+](=O)[O-])c4)n3)CC2)cn1. The molecule has 1 saturated heterocycles. The minimum atomic E-state index is -0.395. The van der Waals surface area contributed by atoms with E-state index in [0.717, 1.165) is 57.2 Å². The van der Waals surface area contributed by atoms with Crippen LogP contribution in [-0.2, 0) is 13.1 Å². The normalized spacial score (nSPS) is 15.1. The van der Waals surface area contributed by atoms with Crippen molar-refractivity contribution >= 4 is 11.5 Å². The van der Waals surface area contributed by atoms with Crippen LogP contribution in [0.1, 0.15) is 24.6 Å². The van der Waals surface area contributed by atoms with Gasteiger partial charge in [0.05, 0.1) is 11.1 Å². The van der Waals surface area contributed by atoms with Crippen molar-refractivity contribution in [2.75, 3.05) is 31.1 Å². The molecule has 0 spiro atoms. The fraction of sp³-hybridized carbons (Fsp3) is 0.409. The fourth-order valence-corrected chi connectivity index (χ4v) is 3.88. The highest BCUT2D eigenvalue weighted by Crippen LogP contribution is 2.24. The van der Waals surface area contributed by atoms with Gasteiger partial charge in [0, 0.05) is 80.5 Å². The zero-order chi connectivity index (χ0) is 21.8. The molecule has 3 heterocycles. The Bertz CT molecular complexity index is 1070. The summed E-state index contributed by atoms with van der Waals surface area (Å²) < 4.78 is 1.96. The van der Waals surface area contributed by atoms with E-state index in [0.29, 0.717) is 11.4 Å². The van der Waals surface area contributed by atoms with Crippen molar-refractivity contribution in [3.05, 3.63) is 64.1 Å². The third-order valence-corrected chi connectivity index (χ3v) is 5.49. The second-order valence-corrected chi connectivity index (χ2v) is 7.82. The molecule has 0 saturated carbocycles. The van der Waals surface area contributed by atoms with Crippen molar-refractivity contribution in [2.24, 2.45) is 0 Å². The van der Waals surface area contributed by atoms with Crippen LogP contribution in [0.5, 0.6) is 0 Å². The molecule has 2 aromatic heterocycles. The summed E-state index contributed by atoms with van der Waals surface area (Å²) in [6, 6.07) is 8.48. The zero-order valence-corrected chi connectivity index (χ0v) is 17.9. The van der Waals surface area contributed by atoms with Gasteiger partial charge in [0.2, 0.25) is 0 Å². The molecule has 0 aliphatic carbocycles. The molecule has 1 aliphatic heterocycles. The molecule has 1 fully saturated rings. The van der Waals surface area contributed by atoms with Crippen molar-refractivity contribution < 1.29 is 4.92 Å². The van der Waals surface area contributed by atoms with Gasteiger partial charge in [-0.2, -0.15) is 5.10 Å². The molecular formula is C22H27N7O2. The van der Waals surface area contributed by atoms with E-state index in [1.807, 2.05) is 29.9 Å². The first kappa shape index (κ1) is 20.9. The summed E-state index contributed by atoms with van der Waals surface area (Å²) >= 11 is 0. The molecule has 0 unspecified atom stereocenters. The highest BCUT2D eigenvalue weighted by Gasteiger charge is 2.18. The van der Waals surface area contributed by atoms with Crippen LogP contribution in [-0.4, -0.2) is 55.8 Å². The number of aromatic nitrogens is 4. The maximum atomic E-state index is 11.1. The maximum absolute atomic E-state index is 11.1. The summed E-state index contributed by atoms with van der Waals surface area (Å²) in [7, 11) is 0. The van der Waals surface area contributed by atoms with E-state index < -0.39 is 4.92 Å². The first-order valence-corrected chi connectivity index (χ1v) is 10.6. The lowest BCUT2D eigenvalue weighted by Crippen LogP contribution is -2.31. The number of aryl methyl sites for hydroxylation is 2. The number of hydrogen-bond acceptors (Lipinski definition) is 7. The van der Waals surface area contributed by atoms with Gasteiger partial charge in [-0.15, -0.1) is 0 Å². The van der Waals surface area contributed by atoms with E-state index in [9.17, 15) is 10.1 Å². The monoisotopic (exact) mass is 421 g/mol. The lowest BCUT2D eigenvalue weighted by molar-refractivity contribution is -0.384. The average Bonchev–Trinajstić information content (AvgIpc) is 3.09. The molecule has 9 nitrogen and oxygen atoms in total. The van der Waals surface area contributed by atoms with Crippen LogP contribution in [0.25, 0.3) is 11.4 Å². The maximum Gasteiger partial charge on any atom is 0.270 e. The number of hydrogen-bond donors (Lipinski definition) is 0. The van der Waals surface area contributed by atoms with E-state index in [4.69, 9.17) is 4.98 Å². The van der Waals surface area contributed by atoms with Crippen LogP contribution in [0, 0.1) is 17.0 Å². The van der Waals surface area contributed by atoms with Crippen LogP contribution >= 0.6 is 0 Å². The van der Waals surface area contributed by atoms with Crippen LogP contribution in [0.3, 0.4) is 0 Å². The smallest absolute Gasteiger partial charge is 0.270 e. The van der Waals surface area contributed by atoms with E-state index in [-0.39, 0.29) is 5.69 Å². The molecule has 0 bridgehead atoms. The van der Waals surface area contributed by atoms with E-state index >= 15 is 0 Å². The first-order chi connectivity index (χ1) is 15.0. The predicted molar refractivity (Wildman–Crippen MR) is 119 cm³/mol. The second kappa shape index (κ2) is 9.22. The van der Waals surface area contributed by atoms with Crippen molar-refractivity contribution in [3.8, 4) is 11.4 Å². The van der Waals surface area contributed by atoms with Gasteiger partial charge in [-0.25, -0.2) is 9.97 Å². The number of nitrogens with zero attached hydrogens (tertiary/aromatic N) is 7. The summed E-state index contributed by atoms with van der Waals surface area (Å²) in [4.78, 5) is 24.7. The third-order valence-electron chi connectivity index (χ3n) is 5.49. The molecule has 0 N–H and O–H groups in total. The molecule has 1 aromatic carbocycles. The number of nitro benzene ring substituents is 1. The van der Waals surface area contributed by atoms with Crippen LogP contribution in [0.4, 0.5) is 11.5 Å². The van der Waals surface area contributed by atoms with E-state index in [1.165, 1.54) is 17.7 Å². The van der Waals surface area contributed by atoms with Gasteiger partial charge in [0.1, 0.15) is 5.82 Å². The molecular weight excluding hydrogens is 394 g/mol. The highest BCUT2D eigenvalue weighted by molar-refractivity contribution is 5.61. The van der Waals surface area contributed by atoms with Crippen LogP contribution in [0.15, 0.2) is 42.7 Å². The topological polar surface area (TPSA) is 93.2 Å². The summed E-state index contributed by atoms with van der Waals surface area (Å²) in [6.45, 7) is 9.54. The van der Waals surface area contributed by atoms with Gasteiger partial charge >= 0.3 is 0 Å². The van der Waals surface area contributed by atoms with Crippen molar-refractivity contribution in [3.63, 3.8) is 0 Å². The Morgan fingerprint density at radius 2 is 2.00 bits per heavy atom. The second-order valence-electron chi connectivity index (χ2n) is 7.82. The van der Waals surface area contributed by atoms with Crippen molar-refractivity contribution in [1.29, 1.82) is 0 Å². The Labute approximate surface area is 181 Å². The molecule has 0 atom stereocenters. The summed E-state index contributed by atoms with van der Waals surface area (Å²) in [5, 5.41) is 15.5. The average molecular weight is 422 g/mol. The Morgan fingerprint density at radius 3 is 2.77 bits per heavy atom. The van der Waals surface area contributed by atoms with Gasteiger partial charge in [-0.05, 0) is 20.3 Å². The largest absolute Gasteiger partial charge is 0.355 e. The standard InChI is InChI=1S/C22H27N7O2/c1-3-28-16-18(14-23-28)15-26-8-5-9-27(11-10-26)21-12-17(2)24-22(25-21)19-6-4-7-20(13-19)29(30)31/h4,6-7,12-14,16H,3,5,8-11,15H2,1-2H3. The summed E-state index contributed by atoms with van der Waals surface area (Å²) in [5.41, 5.74) is 2.78. The van der Waals surface area contributed by atoms with Gasteiger partial charge < -0.3 is 4.90 Å². The first-order valence-electron chi connectivity index (χ1n) is 10.6.